The molecule has 0 aliphatic rings. The van der Waals surface area contributed by atoms with Gasteiger partial charge in [-0.05, 0) is 18.2 Å². The minimum atomic E-state index is -0.289. The van der Waals surface area contributed by atoms with E-state index < -0.39 is 0 Å². The lowest BCUT2D eigenvalue weighted by atomic mass is 10.2. The first-order chi connectivity index (χ1) is 9.66. The lowest BCUT2D eigenvalue weighted by Gasteiger charge is -2.18. The molecule has 0 radical (unpaired) electrons. The van der Waals surface area contributed by atoms with Crippen LogP contribution in [0.5, 0.6) is 0 Å². The van der Waals surface area contributed by atoms with Crippen molar-refractivity contribution in [2.24, 2.45) is 0 Å². The molecular formula is C16H17FN2O. The molecule has 4 heteroatoms. The van der Waals surface area contributed by atoms with Crippen molar-refractivity contribution < 1.29 is 9.18 Å². The van der Waals surface area contributed by atoms with E-state index in [0.29, 0.717) is 5.56 Å². The molecule has 20 heavy (non-hydrogen) atoms. The van der Waals surface area contributed by atoms with Crippen molar-refractivity contribution in [3.8, 4) is 0 Å². The van der Waals surface area contributed by atoms with Gasteiger partial charge in [-0.25, -0.2) is 4.39 Å². The molecule has 0 fully saturated rings. The number of amides is 1. The second-order valence-corrected chi connectivity index (χ2v) is 4.56. The zero-order valence-electron chi connectivity index (χ0n) is 11.3. The van der Waals surface area contributed by atoms with Crippen LogP contribution in [0.3, 0.4) is 0 Å². The van der Waals surface area contributed by atoms with E-state index in [1.165, 1.54) is 11.0 Å². The minimum Gasteiger partial charge on any atom is -0.376 e. The Balaban J connectivity index is 1.88. The molecule has 0 spiro atoms. The summed E-state index contributed by atoms with van der Waals surface area (Å²) in [6.45, 7) is 0.455. The summed E-state index contributed by atoms with van der Waals surface area (Å²) in [5, 5.41) is 3.04. The molecule has 104 valence electrons. The Bertz CT molecular complexity index is 572. The Morgan fingerprint density at radius 2 is 1.75 bits per heavy atom. The molecule has 0 aliphatic heterocycles. The van der Waals surface area contributed by atoms with Gasteiger partial charge in [0.25, 0.3) is 0 Å². The van der Waals surface area contributed by atoms with E-state index in [1.807, 2.05) is 30.3 Å². The summed E-state index contributed by atoms with van der Waals surface area (Å²) in [5.74, 6) is -0.375. The van der Waals surface area contributed by atoms with Gasteiger partial charge in [0.15, 0.2) is 0 Å². The average molecular weight is 272 g/mol. The SMILES string of the molecule is CN(Cc1ccccc1F)C(=O)CNc1ccccc1. The van der Waals surface area contributed by atoms with Gasteiger partial charge in [0.05, 0.1) is 6.54 Å². The minimum absolute atomic E-state index is 0.0860. The van der Waals surface area contributed by atoms with Crippen LogP contribution in [0.15, 0.2) is 54.6 Å². The number of carbonyl (C=O) groups is 1. The summed E-state index contributed by atoms with van der Waals surface area (Å²) in [4.78, 5) is 13.5. The summed E-state index contributed by atoms with van der Waals surface area (Å²) < 4.78 is 13.5. The third-order valence-corrected chi connectivity index (χ3v) is 3.01. The molecule has 0 aliphatic carbocycles. The number of para-hydroxylation sites is 1. The number of nitrogens with zero attached hydrogens (tertiary/aromatic N) is 1. The van der Waals surface area contributed by atoms with Crippen LogP contribution in [0.25, 0.3) is 0 Å². The first-order valence-electron chi connectivity index (χ1n) is 6.43. The van der Waals surface area contributed by atoms with Gasteiger partial charge in [-0.1, -0.05) is 36.4 Å². The van der Waals surface area contributed by atoms with Gasteiger partial charge in [0.1, 0.15) is 5.82 Å². The number of carbonyl (C=O) groups excluding carboxylic acids is 1. The number of hydrogen-bond acceptors (Lipinski definition) is 2. The van der Waals surface area contributed by atoms with E-state index in [1.54, 1.807) is 25.2 Å². The molecule has 0 heterocycles. The molecule has 2 aromatic rings. The molecule has 2 rings (SSSR count). The van der Waals surface area contributed by atoms with Crippen LogP contribution in [-0.4, -0.2) is 24.4 Å². The van der Waals surface area contributed by atoms with E-state index >= 15 is 0 Å². The summed E-state index contributed by atoms with van der Waals surface area (Å²) in [7, 11) is 1.67. The largest absolute Gasteiger partial charge is 0.376 e. The van der Waals surface area contributed by atoms with Gasteiger partial charge in [-0.3, -0.25) is 4.79 Å². The zero-order valence-corrected chi connectivity index (χ0v) is 11.3. The third kappa shape index (κ3) is 3.82. The summed E-state index contributed by atoms with van der Waals surface area (Å²) in [6, 6.07) is 16.0. The lowest BCUT2D eigenvalue weighted by Crippen LogP contribution is -2.32. The van der Waals surface area contributed by atoms with E-state index in [0.717, 1.165) is 5.69 Å². The van der Waals surface area contributed by atoms with E-state index in [9.17, 15) is 9.18 Å². The fourth-order valence-corrected chi connectivity index (χ4v) is 1.84. The molecule has 2 aromatic carbocycles. The van der Waals surface area contributed by atoms with Crippen molar-refractivity contribution in [3.63, 3.8) is 0 Å². The highest BCUT2D eigenvalue weighted by molar-refractivity contribution is 5.80. The molecule has 1 N–H and O–H groups in total. The second kappa shape index (κ2) is 6.70. The van der Waals surface area contributed by atoms with Gasteiger partial charge in [-0.15, -0.1) is 0 Å². The number of benzene rings is 2. The monoisotopic (exact) mass is 272 g/mol. The van der Waals surface area contributed by atoms with E-state index in [-0.39, 0.29) is 24.8 Å². The summed E-state index contributed by atoms with van der Waals surface area (Å²) in [5.41, 5.74) is 1.41. The third-order valence-electron chi connectivity index (χ3n) is 3.01. The number of hydrogen-bond donors (Lipinski definition) is 1. The van der Waals surface area contributed by atoms with Crippen LogP contribution in [0.1, 0.15) is 5.56 Å². The predicted molar refractivity (Wildman–Crippen MR) is 77.8 cm³/mol. The Morgan fingerprint density at radius 3 is 2.45 bits per heavy atom. The van der Waals surface area contributed by atoms with Crippen LogP contribution >= 0.6 is 0 Å². The van der Waals surface area contributed by atoms with Crippen LogP contribution in [-0.2, 0) is 11.3 Å². The maximum atomic E-state index is 13.5. The number of likely N-dealkylation sites (N-methyl/N-ethyl adjacent to an activating group) is 1. The van der Waals surface area contributed by atoms with Crippen LogP contribution in [0, 0.1) is 5.82 Å². The maximum absolute atomic E-state index is 13.5. The number of halogens is 1. The Hall–Kier alpha value is -2.36. The van der Waals surface area contributed by atoms with Crippen molar-refractivity contribution in [1.82, 2.24) is 4.90 Å². The average Bonchev–Trinajstić information content (AvgIpc) is 2.48. The molecule has 0 aromatic heterocycles. The van der Waals surface area contributed by atoms with Gasteiger partial charge in [0.2, 0.25) is 5.91 Å². The highest BCUT2D eigenvalue weighted by atomic mass is 19.1. The van der Waals surface area contributed by atoms with Crippen LogP contribution < -0.4 is 5.32 Å². The Kier molecular flexibility index (Phi) is 4.71. The normalized spacial score (nSPS) is 10.1. The van der Waals surface area contributed by atoms with Gasteiger partial charge < -0.3 is 10.2 Å². The van der Waals surface area contributed by atoms with Gasteiger partial charge >= 0.3 is 0 Å². The first-order valence-corrected chi connectivity index (χ1v) is 6.43. The van der Waals surface area contributed by atoms with E-state index in [2.05, 4.69) is 5.32 Å². The standard InChI is InChI=1S/C16H17FN2O/c1-19(12-13-7-5-6-10-15(13)17)16(20)11-18-14-8-3-2-4-9-14/h2-10,18H,11-12H2,1H3. The second-order valence-electron chi connectivity index (χ2n) is 4.56. The fraction of sp³-hybridized carbons (Fsp3) is 0.188. The molecule has 0 saturated carbocycles. The quantitative estimate of drug-likeness (QED) is 0.907. The van der Waals surface area contributed by atoms with Crippen LogP contribution in [0.2, 0.25) is 0 Å². The molecule has 0 unspecified atom stereocenters. The van der Waals surface area contributed by atoms with Gasteiger partial charge in [0, 0.05) is 24.8 Å². The van der Waals surface area contributed by atoms with Crippen molar-refractivity contribution in [2.45, 2.75) is 6.54 Å². The highest BCUT2D eigenvalue weighted by Crippen LogP contribution is 2.09. The molecule has 1 amide bonds. The fourth-order valence-electron chi connectivity index (χ4n) is 1.84. The number of anilines is 1. The number of nitrogens with one attached hydrogen (secondary N) is 1. The van der Waals surface area contributed by atoms with Crippen molar-refractivity contribution in [1.29, 1.82) is 0 Å². The Labute approximate surface area is 118 Å². The van der Waals surface area contributed by atoms with Crippen molar-refractivity contribution in [3.05, 3.63) is 66.0 Å². The predicted octanol–water partition coefficient (Wildman–Crippen LogP) is 2.90. The molecule has 0 atom stereocenters. The molecule has 0 saturated heterocycles. The van der Waals surface area contributed by atoms with E-state index in [4.69, 9.17) is 0 Å². The summed E-state index contributed by atoms with van der Waals surface area (Å²) >= 11 is 0. The molecule has 0 bridgehead atoms. The van der Waals surface area contributed by atoms with Crippen molar-refractivity contribution in [2.75, 3.05) is 18.9 Å². The topological polar surface area (TPSA) is 32.3 Å². The Morgan fingerprint density at radius 1 is 1.10 bits per heavy atom. The van der Waals surface area contributed by atoms with Crippen LogP contribution in [0.4, 0.5) is 10.1 Å². The van der Waals surface area contributed by atoms with Crippen molar-refractivity contribution >= 4 is 11.6 Å². The first kappa shape index (κ1) is 14.1. The van der Waals surface area contributed by atoms with Gasteiger partial charge in [-0.2, -0.15) is 0 Å². The zero-order chi connectivity index (χ0) is 14.4. The smallest absolute Gasteiger partial charge is 0.241 e. The highest BCUT2D eigenvalue weighted by Gasteiger charge is 2.11. The molecule has 3 nitrogen and oxygen atoms in total. The maximum Gasteiger partial charge on any atom is 0.241 e. The molecular weight excluding hydrogens is 255 g/mol. The summed E-state index contributed by atoms with van der Waals surface area (Å²) in [6.07, 6.45) is 0. The number of rotatable bonds is 5. The lowest BCUT2D eigenvalue weighted by molar-refractivity contribution is -0.128.